The van der Waals surface area contributed by atoms with Crippen LogP contribution in [0.1, 0.15) is 20.3 Å². The second kappa shape index (κ2) is 3.70. The first kappa shape index (κ1) is 9.92. The van der Waals surface area contributed by atoms with Gasteiger partial charge >= 0.3 is 0 Å². The minimum Gasteiger partial charge on any atom is -0.377 e. The first-order valence-corrected chi connectivity index (χ1v) is 4.13. The highest BCUT2D eigenvalue weighted by Gasteiger charge is 2.27. The van der Waals surface area contributed by atoms with E-state index in [0.717, 1.165) is 5.57 Å². The lowest BCUT2D eigenvalue weighted by atomic mass is 10.0. The Bertz CT molecular complexity index is 281. The second-order valence-corrected chi connectivity index (χ2v) is 3.09. The average Bonchev–Trinajstić information content (AvgIpc) is 2.42. The van der Waals surface area contributed by atoms with Crippen molar-refractivity contribution < 1.29 is 14.3 Å². The van der Waals surface area contributed by atoms with E-state index < -0.39 is 0 Å². The molecular weight excluding hydrogens is 170 g/mol. The van der Waals surface area contributed by atoms with Gasteiger partial charge in [-0.25, -0.2) is 0 Å². The van der Waals surface area contributed by atoms with E-state index in [1.54, 1.807) is 7.11 Å². The fourth-order valence-corrected chi connectivity index (χ4v) is 1.23. The van der Waals surface area contributed by atoms with Gasteiger partial charge in [-0.2, -0.15) is 0 Å². The molecule has 0 radical (unpaired) electrons. The molecule has 1 aliphatic rings. The molecule has 0 aliphatic carbocycles. The van der Waals surface area contributed by atoms with Crippen molar-refractivity contribution in [3.8, 4) is 0 Å². The third-order valence-electron chi connectivity index (χ3n) is 2.30. The molecule has 0 bridgehead atoms. The number of hydrogen-bond donors (Lipinski definition) is 1. The van der Waals surface area contributed by atoms with Crippen LogP contribution < -0.4 is 5.32 Å². The van der Waals surface area contributed by atoms with Gasteiger partial charge in [-0.15, -0.1) is 0 Å². The first-order valence-electron chi connectivity index (χ1n) is 4.13. The molecule has 1 atom stereocenters. The molecule has 4 heteroatoms. The number of carbonyl (C=O) groups is 2. The fourth-order valence-electron chi connectivity index (χ4n) is 1.23. The third-order valence-corrected chi connectivity index (χ3v) is 2.30. The van der Waals surface area contributed by atoms with Crippen molar-refractivity contribution in [1.82, 2.24) is 5.32 Å². The molecule has 13 heavy (non-hydrogen) atoms. The highest BCUT2D eigenvalue weighted by molar-refractivity contribution is 6.13. The Balaban J connectivity index is 2.91. The molecule has 1 rings (SSSR count). The van der Waals surface area contributed by atoms with Gasteiger partial charge in [0.15, 0.2) is 0 Å². The number of ether oxygens (including phenoxy) is 1. The topological polar surface area (TPSA) is 55.4 Å². The van der Waals surface area contributed by atoms with Crippen molar-refractivity contribution in [2.75, 3.05) is 7.11 Å². The van der Waals surface area contributed by atoms with Gasteiger partial charge in [0.25, 0.3) is 5.91 Å². The van der Waals surface area contributed by atoms with Gasteiger partial charge in [-0.05, 0) is 19.4 Å². The number of nitrogens with one attached hydrogen (secondary N) is 1. The standard InChI is InChI=1S/C9H13NO3/c1-5(6(2)13-3)7-4-8(11)10-9(7)12/h6H,4H2,1-3H3,(H,10,11,12)/b7-5+. The largest absolute Gasteiger partial charge is 0.377 e. The van der Waals surface area contributed by atoms with Crippen LogP contribution in [0.3, 0.4) is 0 Å². The molecular formula is C9H13NO3. The summed E-state index contributed by atoms with van der Waals surface area (Å²) in [5, 5.41) is 2.24. The van der Waals surface area contributed by atoms with E-state index in [1.165, 1.54) is 0 Å². The van der Waals surface area contributed by atoms with E-state index in [4.69, 9.17) is 4.74 Å². The van der Waals surface area contributed by atoms with Crippen LogP contribution in [0.2, 0.25) is 0 Å². The summed E-state index contributed by atoms with van der Waals surface area (Å²) < 4.78 is 5.06. The summed E-state index contributed by atoms with van der Waals surface area (Å²) in [4.78, 5) is 22.1. The smallest absolute Gasteiger partial charge is 0.254 e. The number of imide groups is 1. The quantitative estimate of drug-likeness (QED) is 0.497. The maximum atomic E-state index is 11.2. The van der Waals surface area contributed by atoms with E-state index in [-0.39, 0.29) is 24.3 Å². The molecule has 4 nitrogen and oxygen atoms in total. The summed E-state index contributed by atoms with van der Waals surface area (Å²) in [6, 6.07) is 0. The van der Waals surface area contributed by atoms with Crippen LogP contribution in [0, 0.1) is 0 Å². The summed E-state index contributed by atoms with van der Waals surface area (Å²) in [6.45, 7) is 3.65. The summed E-state index contributed by atoms with van der Waals surface area (Å²) in [5.41, 5.74) is 1.37. The van der Waals surface area contributed by atoms with Crippen LogP contribution >= 0.6 is 0 Å². The summed E-state index contributed by atoms with van der Waals surface area (Å²) in [6.07, 6.45) is 0.0601. The molecule has 1 N–H and O–H groups in total. The predicted molar refractivity (Wildman–Crippen MR) is 46.9 cm³/mol. The number of hydrogen-bond acceptors (Lipinski definition) is 3. The summed E-state index contributed by atoms with van der Waals surface area (Å²) in [7, 11) is 1.57. The highest BCUT2D eigenvalue weighted by atomic mass is 16.5. The maximum absolute atomic E-state index is 11.2. The highest BCUT2D eigenvalue weighted by Crippen LogP contribution is 2.18. The third kappa shape index (κ3) is 1.95. The Morgan fingerprint density at radius 1 is 1.54 bits per heavy atom. The number of rotatable bonds is 2. The lowest BCUT2D eigenvalue weighted by Gasteiger charge is -2.11. The number of methoxy groups -OCH3 is 1. The van der Waals surface area contributed by atoms with Crippen molar-refractivity contribution in [3.05, 3.63) is 11.1 Å². The van der Waals surface area contributed by atoms with Crippen molar-refractivity contribution in [2.24, 2.45) is 0 Å². The van der Waals surface area contributed by atoms with Gasteiger partial charge in [0.05, 0.1) is 12.5 Å². The Labute approximate surface area is 76.9 Å². The molecule has 1 fully saturated rings. The molecule has 0 spiro atoms. The minimum atomic E-state index is -0.286. The molecule has 0 aromatic rings. The molecule has 0 aromatic heterocycles. The zero-order chi connectivity index (χ0) is 10.0. The van der Waals surface area contributed by atoms with Crippen LogP contribution in [0.15, 0.2) is 11.1 Å². The molecule has 0 saturated carbocycles. The Hall–Kier alpha value is -1.16. The van der Waals surface area contributed by atoms with Crippen molar-refractivity contribution in [2.45, 2.75) is 26.4 Å². The number of amides is 2. The second-order valence-electron chi connectivity index (χ2n) is 3.09. The SMILES string of the molecule is COC(C)/C(C)=C1\CC(=O)NC1=O. The Morgan fingerprint density at radius 2 is 2.15 bits per heavy atom. The first-order chi connectivity index (χ1) is 6.06. The van der Waals surface area contributed by atoms with Gasteiger partial charge in [-0.1, -0.05) is 0 Å². The molecule has 2 amide bonds. The monoisotopic (exact) mass is 183 g/mol. The van der Waals surface area contributed by atoms with Crippen LogP contribution in [0.25, 0.3) is 0 Å². The van der Waals surface area contributed by atoms with Gasteiger partial charge < -0.3 is 4.74 Å². The van der Waals surface area contributed by atoms with Gasteiger partial charge in [-0.3, -0.25) is 14.9 Å². The zero-order valence-corrected chi connectivity index (χ0v) is 8.01. The fraction of sp³-hybridized carbons (Fsp3) is 0.556. The Morgan fingerprint density at radius 3 is 2.54 bits per heavy atom. The van der Waals surface area contributed by atoms with Gasteiger partial charge in [0.1, 0.15) is 0 Å². The lowest BCUT2D eigenvalue weighted by molar-refractivity contribution is -0.124. The zero-order valence-electron chi connectivity index (χ0n) is 8.01. The molecule has 0 aromatic carbocycles. The van der Waals surface area contributed by atoms with Crippen LogP contribution in [0.5, 0.6) is 0 Å². The Kier molecular flexibility index (Phi) is 2.83. The van der Waals surface area contributed by atoms with E-state index in [9.17, 15) is 9.59 Å². The van der Waals surface area contributed by atoms with E-state index in [1.807, 2.05) is 13.8 Å². The maximum Gasteiger partial charge on any atom is 0.254 e. The molecule has 1 unspecified atom stereocenters. The summed E-state index contributed by atoms with van der Waals surface area (Å²) >= 11 is 0. The van der Waals surface area contributed by atoms with Gasteiger partial charge in [0, 0.05) is 12.7 Å². The molecule has 1 saturated heterocycles. The molecule has 72 valence electrons. The van der Waals surface area contributed by atoms with Crippen LogP contribution in [-0.2, 0) is 14.3 Å². The van der Waals surface area contributed by atoms with Crippen LogP contribution in [-0.4, -0.2) is 25.0 Å². The van der Waals surface area contributed by atoms with Crippen LogP contribution in [0.4, 0.5) is 0 Å². The van der Waals surface area contributed by atoms with E-state index in [2.05, 4.69) is 5.32 Å². The normalized spacial score (nSPS) is 23.0. The van der Waals surface area contributed by atoms with E-state index >= 15 is 0 Å². The van der Waals surface area contributed by atoms with Crippen molar-refractivity contribution >= 4 is 11.8 Å². The lowest BCUT2D eigenvalue weighted by Crippen LogP contribution is -2.20. The molecule has 1 heterocycles. The van der Waals surface area contributed by atoms with E-state index in [0.29, 0.717) is 5.57 Å². The van der Waals surface area contributed by atoms with Crippen molar-refractivity contribution in [1.29, 1.82) is 0 Å². The number of carbonyl (C=O) groups excluding carboxylic acids is 2. The summed E-state index contributed by atoms with van der Waals surface area (Å²) in [5.74, 6) is -0.519. The molecule has 1 aliphatic heterocycles. The minimum absolute atomic E-state index is 0.119. The average molecular weight is 183 g/mol. The predicted octanol–water partition coefficient (Wildman–Crippen LogP) is 0.384. The van der Waals surface area contributed by atoms with Gasteiger partial charge in [0.2, 0.25) is 5.91 Å². The van der Waals surface area contributed by atoms with Crippen molar-refractivity contribution in [3.63, 3.8) is 0 Å².